The van der Waals surface area contributed by atoms with Gasteiger partial charge in [-0.2, -0.15) is 0 Å². The second-order valence-electron chi connectivity index (χ2n) is 5.18. The van der Waals surface area contributed by atoms with Crippen molar-refractivity contribution in [1.29, 1.82) is 0 Å². The highest BCUT2D eigenvalue weighted by Gasteiger charge is 2.37. The number of nitrogens with zero attached hydrogens (tertiary/aromatic N) is 1. The average Bonchev–Trinajstić information content (AvgIpc) is 2.77. The number of fused-ring (bicyclic) bond motifs is 1. The molecule has 4 heteroatoms. The van der Waals surface area contributed by atoms with E-state index in [1.165, 1.54) is 32.4 Å². The molecule has 2 aliphatic rings. The first kappa shape index (κ1) is 11.3. The average molecular weight is 214 g/mol. The van der Waals surface area contributed by atoms with E-state index < -0.39 is 5.60 Å². The summed E-state index contributed by atoms with van der Waals surface area (Å²) in [6.45, 7) is 4.39. The molecule has 0 aromatic carbocycles. The highest BCUT2D eigenvalue weighted by molar-refractivity contribution is 4.96. The molecule has 2 fully saturated rings. The predicted octanol–water partition coefficient (Wildman–Crippen LogP) is -0.444. The second-order valence-corrected chi connectivity index (χ2v) is 5.18. The van der Waals surface area contributed by atoms with E-state index in [1.54, 1.807) is 6.92 Å². The topological polar surface area (TPSA) is 55.7 Å². The lowest BCUT2D eigenvalue weighted by atomic mass is 10.0. The summed E-state index contributed by atoms with van der Waals surface area (Å²) in [5.74, 6) is 0. The Kier molecular flexibility index (Phi) is 3.30. The van der Waals surface area contributed by atoms with Gasteiger partial charge in [0, 0.05) is 25.2 Å². The largest absolute Gasteiger partial charge is 0.393 e. The maximum absolute atomic E-state index is 9.70. The van der Waals surface area contributed by atoms with E-state index >= 15 is 0 Å². The monoisotopic (exact) mass is 214 g/mol. The van der Waals surface area contributed by atoms with E-state index in [2.05, 4.69) is 10.2 Å². The Bertz CT molecular complexity index is 221. The van der Waals surface area contributed by atoms with Crippen molar-refractivity contribution in [3.05, 3.63) is 0 Å². The van der Waals surface area contributed by atoms with Gasteiger partial charge in [-0.15, -0.1) is 0 Å². The predicted molar refractivity (Wildman–Crippen MR) is 58.7 cm³/mol. The van der Waals surface area contributed by atoms with Crippen molar-refractivity contribution in [3.63, 3.8) is 0 Å². The van der Waals surface area contributed by atoms with Crippen molar-refractivity contribution in [2.75, 3.05) is 26.2 Å². The number of nitrogens with one attached hydrogen (secondary N) is 1. The van der Waals surface area contributed by atoms with Gasteiger partial charge in [-0.3, -0.25) is 4.90 Å². The fraction of sp³-hybridized carbons (Fsp3) is 1.00. The van der Waals surface area contributed by atoms with Crippen molar-refractivity contribution in [2.24, 2.45) is 0 Å². The van der Waals surface area contributed by atoms with Crippen LogP contribution in [0.25, 0.3) is 0 Å². The molecule has 2 saturated heterocycles. The fourth-order valence-corrected chi connectivity index (χ4v) is 2.73. The van der Waals surface area contributed by atoms with Crippen LogP contribution in [0.5, 0.6) is 0 Å². The number of rotatable bonds is 4. The summed E-state index contributed by atoms with van der Waals surface area (Å²) in [6, 6.07) is 1.17. The molecular formula is C11H22N2O2. The van der Waals surface area contributed by atoms with Gasteiger partial charge in [-0.25, -0.2) is 0 Å². The minimum atomic E-state index is -0.980. The van der Waals surface area contributed by atoms with E-state index in [-0.39, 0.29) is 6.61 Å². The summed E-state index contributed by atoms with van der Waals surface area (Å²) < 4.78 is 0. The van der Waals surface area contributed by atoms with Gasteiger partial charge in [0.15, 0.2) is 0 Å². The van der Waals surface area contributed by atoms with Gasteiger partial charge < -0.3 is 15.5 Å². The molecule has 4 nitrogen and oxygen atoms in total. The number of aliphatic hydroxyl groups excluding tert-OH is 1. The van der Waals surface area contributed by atoms with Crippen LogP contribution in [-0.2, 0) is 0 Å². The smallest absolute Gasteiger partial charge is 0.0972 e. The molecule has 3 N–H and O–H groups in total. The normalized spacial score (nSPS) is 35.4. The summed E-state index contributed by atoms with van der Waals surface area (Å²) in [5, 5.41) is 22.0. The molecule has 15 heavy (non-hydrogen) atoms. The maximum atomic E-state index is 9.70. The molecule has 0 saturated carbocycles. The molecule has 2 heterocycles. The van der Waals surface area contributed by atoms with Crippen molar-refractivity contribution in [3.8, 4) is 0 Å². The molecule has 0 amide bonds. The molecule has 0 bridgehead atoms. The summed E-state index contributed by atoms with van der Waals surface area (Å²) in [7, 11) is 0. The van der Waals surface area contributed by atoms with Crippen LogP contribution in [0.15, 0.2) is 0 Å². The summed E-state index contributed by atoms with van der Waals surface area (Å²) in [4.78, 5) is 2.53. The Morgan fingerprint density at radius 2 is 2.20 bits per heavy atom. The third-order valence-electron chi connectivity index (χ3n) is 3.69. The standard InChI is InChI=1S/C11H22N2O2/c1-11(15,8-14)7-12-9-4-6-13-5-2-3-10(9)13/h9-10,12,14-15H,2-8H2,1H3. The lowest BCUT2D eigenvalue weighted by molar-refractivity contribution is 0.000176. The van der Waals surface area contributed by atoms with Gasteiger partial charge in [-0.05, 0) is 32.7 Å². The van der Waals surface area contributed by atoms with Crippen molar-refractivity contribution in [1.82, 2.24) is 10.2 Å². The highest BCUT2D eigenvalue weighted by atomic mass is 16.3. The van der Waals surface area contributed by atoms with E-state index in [0.29, 0.717) is 18.6 Å². The molecule has 0 aliphatic carbocycles. The first-order chi connectivity index (χ1) is 7.12. The quantitative estimate of drug-likeness (QED) is 0.594. The zero-order valence-electron chi connectivity index (χ0n) is 9.45. The number of aliphatic hydroxyl groups is 2. The highest BCUT2D eigenvalue weighted by Crippen LogP contribution is 2.27. The van der Waals surface area contributed by atoms with Crippen molar-refractivity contribution < 1.29 is 10.2 Å². The SMILES string of the molecule is CC(O)(CO)CNC1CCN2CCCC12. The Morgan fingerprint density at radius 1 is 1.40 bits per heavy atom. The minimum absolute atomic E-state index is 0.179. The Hall–Kier alpha value is -0.160. The minimum Gasteiger partial charge on any atom is -0.393 e. The van der Waals surface area contributed by atoms with E-state index in [4.69, 9.17) is 5.11 Å². The summed E-state index contributed by atoms with van der Waals surface area (Å²) in [5.41, 5.74) is -0.980. The Labute approximate surface area is 91.3 Å². The van der Waals surface area contributed by atoms with Crippen LogP contribution in [0, 0.1) is 0 Å². The summed E-state index contributed by atoms with van der Waals surface area (Å²) in [6.07, 6.45) is 3.75. The van der Waals surface area contributed by atoms with Crippen LogP contribution in [0.1, 0.15) is 26.2 Å². The molecule has 88 valence electrons. The van der Waals surface area contributed by atoms with Gasteiger partial charge in [0.25, 0.3) is 0 Å². The van der Waals surface area contributed by atoms with Crippen LogP contribution >= 0.6 is 0 Å². The van der Waals surface area contributed by atoms with Gasteiger partial charge in [0.05, 0.1) is 12.2 Å². The molecule has 3 unspecified atom stereocenters. The van der Waals surface area contributed by atoms with E-state index in [0.717, 1.165) is 0 Å². The van der Waals surface area contributed by atoms with Crippen molar-refractivity contribution >= 4 is 0 Å². The summed E-state index contributed by atoms with van der Waals surface area (Å²) >= 11 is 0. The second kappa shape index (κ2) is 4.37. The zero-order valence-corrected chi connectivity index (χ0v) is 9.45. The molecule has 0 radical (unpaired) electrons. The lowest BCUT2D eigenvalue weighted by Crippen LogP contribution is -2.48. The van der Waals surface area contributed by atoms with Crippen LogP contribution in [0.3, 0.4) is 0 Å². The number of hydrogen-bond acceptors (Lipinski definition) is 4. The van der Waals surface area contributed by atoms with Gasteiger partial charge in [-0.1, -0.05) is 0 Å². The Morgan fingerprint density at radius 3 is 2.93 bits per heavy atom. The van der Waals surface area contributed by atoms with Crippen molar-refractivity contribution in [2.45, 2.75) is 43.9 Å². The van der Waals surface area contributed by atoms with Gasteiger partial charge in [0.2, 0.25) is 0 Å². The molecule has 2 aliphatic heterocycles. The maximum Gasteiger partial charge on any atom is 0.0972 e. The third kappa shape index (κ3) is 2.50. The van der Waals surface area contributed by atoms with Crippen LogP contribution in [0.4, 0.5) is 0 Å². The molecule has 3 atom stereocenters. The fourth-order valence-electron chi connectivity index (χ4n) is 2.73. The molecule has 2 rings (SSSR count). The third-order valence-corrected chi connectivity index (χ3v) is 3.69. The van der Waals surface area contributed by atoms with E-state index in [9.17, 15) is 5.11 Å². The van der Waals surface area contributed by atoms with Gasteiger partial charge >= 0.3 is 0 Å². The molecule has 0 spiro atoms. The zero-order chi connectivity index (χ0) is 10.9. The van der Waals surface area contributed by atoms with E-state index in [1.807, 2.05) is 0 Å². The lowest BCUT2D eigenvalue weighted by Gasteiger charge is -2.26. The van der Waals surface area contributed by atoms with Crippen LogP contribution in [0.2, 0.25) is 0 Å². The van der Waals surface area contributed by atoms with Gasteiger partial charge in [0.1, 0.15) is 0 Å². The number of hydrogen-bond donors (Lipinski definition) is 3. The van der Waals surface area contributed by atoms with Crippen LogP contribution < -0.4 is 5.32 Å². The van der Waals surface area contributed by atoms with Crippen LogP contribution in [-0.4, -0.2) is 59.0 Å². The Balaban J connectivity index is 1.80. The molecular weight excluding hydrogens is 192 g/mol. The first-order valence-corrected chi connectivity index (χ1v) is 5.93. The molecule has 0 aromatic heterocycles. The molecule has 0 aromatic rings. The first-order valence-electron chi connectivity index (χ1n) is 5.93.